The molecule has 1 aromatic carbocycles. The molecule has 1 atom stereocenters. The Labute approximate surface area is 119 Å². The van der Waals surface area contributed by atoms with Crippen molar-refractivity contribution in [1.82, 2.24) is 0 Å². The lowest BCUT2D eigenvalue weighted by Gasteiger charge is -2.29. The lowest BCUT2D eigenvalue weighted by atomic mass is 10.0. The molecule has 2 N–H and O–H groups in total. The first kappa shape index (κ1) is 16.0. The summed E-state index contributed by atoms with van der Waals surface area (Å²) in [6, 6.07) is 8.92. The van der Waals surface area contributed by atoms with Gasteiger partial charge in [-0.2, -0.15) is 0 Å². The molecule has 2 nitrogen and oxygen atoms in total. The molecule has 108 valence electrons. The monoisotopic (exact) mass is 262 g/mol. The van der Waals surface area contributed by atoms with Crippen LogP contribution in [0.25, 0.3) is 0 Å². The van der Waals surface area contributed by atoms with E-state index in [0.717, 1.165) is 25.4 Å². The van der Waals surface area contributed by atoms with Crippen molar-refractivity contribution in [3.8, 4) is 0 Å². The first-order chi connectivity index (χ1) is 9.12. The third-order valence-electron chi connectivity index (χ3n) is 3.89. The summed E-state index contributed by atoms with van der Waals surface area (Å²) < 4.78 is 0. The van der Waals surface area contributed by atoms with Crippen molar-refractivity contribution in [1.29, 1.82) is 0 Å². The Bertz CT molecular complexity index is 356. The van der Waals surface area contributed by atoms with Gasteiger partial charge in [-0.25, -0.2) is 0 Å². The van der Waals surface area contributed by atoms with Crippen molar-refractivity contribution < 1.29 is 0 Å². The van der Waals surface area contributed by atoms with Gasteiger partial charge in [0.05, 0.1) is 0 Å². The second kappa shape index (κ2) is 8.21. The van der Waals surface area contributed by atoms with Gasteiger partial charge in [0.25, 0.3) is 0 Å². The van der Waals surface area contributed by atoms with E-state index < -0.39 is 0 Å². The Kier molecular flexibility index (Phi) is 6.93. The van der Waals surface area contributed by atoms with E-state index in [1.807, 2.05) is 0 Å². The summed E-state index contributed by atoms with van der Waals surface area (Å²) >= 11 is 0. The molecule has 19 heavy (non-hydrogen) atoms. The van der Waals surface area contributed by atoms with Crippen molar-refractivity contribution in [2.45, 2.75) is 53.0 Å². The number of nitrogens with two attached hydrogens (primary N) is 1. The number of hydrogen-bond donors (Lipinski definition) is 1. The van der Waals surface area contributed by atoms with E-state index >= 15 is 0 Å². The van der Waals surface area contributed by atoms with Crippen molar-refractivity contribution in [2.75, 3.05) is 18.0 Å². The van der Waals surface area contributed by atoms with Crippen LogP contribution in [0.2, 0.25) is 0 Å². The molecule has 0 fully saturated rings. The van der Waals surface area contributed by atoms with E-state index in [2.05, 4.69) is 56.9 Å². The van der Waals surface area contributed by atoms with E-state index in [1.54, 1.807) is 0 Å². The Balaban J connectivity index is 2.90. The molecule has 1 unspecified atom stereocenters. The van der Waals surface area contributed by atoms with Crippen LogP contribution < -0.4 is 10.6 Å². The summed E-state index contributed by atoms with van der Waals surface area (Å²) in [5, 5.41) is 0. The predicted octanol–water partition coefficient (Wildman–Crippen LogP) is 3.84. The molecular formula is C17H30N2. The average molecular weight is 262 g/mol. The largest absolute Gasteiger partial charge is 0.371 e. The molecule has 1 rings (SSSR count). The summed E-state index contributed by atoms with van der Waals surface area (Å²) in [7, 11) is 0. The molecule has 0 saturated carbocycles. The highest BCUT2D eigenvalue weighted by Gasteiger charge is 2.14. The van der Waals surface area contributed by atoms with Gasteiger partial charge in [-0.05, 0) is 37.8 Å². The van der Waals surface area contributed by atoms with E-state index in [4.69, 9.17) is 5.73 Å². The predicted molar refractivity (Wildman–Crippen MR) is 85.8 cm³/mol. The van der Waals surface area contributed by atoms with Gasteiger partial charge in [0.1, 0.15) is 0 Å². The minimum atomic E-state index is 0.216. The van der Waals surface area contributed by atoms with E-state index in [1.165, 1.54) is 24.1 Å². The Hall–Kier alpha value is -1.02. The molecule has 2 heteroatoms. The van der Waals surface area contributed by atoms with Gasteiger partial charge >= 0.3 is 0 Å². The molecular weight excluding hydrogens is 232 g/mol. The highest BCUT2D eigenvalue weighted by molar-refractivity contribution is 5.54. The number of rotatable bonds is 8. The smallest absolute Gasteiger partial charge is 0.0399 e. The maximum atomic E-state index is 5.97. The number of benzene rings is 1. The molecule has 0 aliphatic rings. The molecule has 0 spiro atoms. The quantitative estimate of drug-likeness (QED) is 0.771. The summed E-state index contributed by atoms with van der Waals surface area (Å²) in [5.74, 6) is 0.781. The first-order valence-corrected chi connectivity index (χ1v) is 7.70. The number of anilines is 1. The third-order valence-corrected chi connectivity index (χ3v) is 3.89. The fourth-order valence-electron chi connectivity index (χ4n) is 2.60. The zero-order chi connectivity index (χ0) is 14.3. The van der Waals surface area contributed by atoms with Crippen LogP contribution >= 0.6 is 0 Å². The zero-order valence-electron chi connectivity index (χ0n) is 13.0. The second-order valence-corrected chi connectivity index (χ2v) is 5.53. The fraction of sp³-hybridized carbons (Fsp3) is 0.647. The summed E-state index contributed by atoms with van der Waals surface area (Å²) in [5.41, 5.74) is 8.72. The van der Waals surface area contributed by atoms with Gasteiger partial charge in [0, 0.05) is 24.8 Å². The average Bonchev–Trinajstić information content (AvgIpc) is 2.41. The van der Waals surface area contributed by atoms with Crippen molar-refractivity contribution >= 4 is 5.69 Å². The molecule has 0 heterocycles. The lowest BCUT2D eigenvalue weighted by molar-refractivity contribution is 0.485. The molecule has 0 amide bonds. The Morgan fingerprint density at radius 3 is 2.26 bits per heavy atom. The van der Waals surface area contributed by atoms with E-state index in [9.17, 15) is 0 Å². The Morgan fingerprint density at radius 2 is 1.74 bits per heavy atom. The van der Waals surface area contributed by atoms with Crippen LogP contribution in [0.5, 0.6) is 0 Å². The summed E-state index contributed by atoms with van der Waals surface area (Å²) in [4.78, 5) is 2.51. The maximum absolute atomic E-state index is 5.97. The molecule has 0 aliphatic carbocycles. The highest BCUT2D eigenvalue weighted by atomic mass is 15.1. The molecule has 1 aromatic rings. The topological polar surface area (TPSA) is 29.3 Å². The van der Waals surface area contributed by atoms with Crippen LogP contribution in [-0.2, 0) is 6.42 Å². The van der Waals surface area contributed by atoms with Crippen LogP contribution in [0.4, 0.5) is 5.69 Å². The van der Waals surface area contributed by atoms with Crippen LogP contribution in [0.1, 0.15) is 46.1 Å². The van der Waals surface area contributed by atoms with E-state index in [0.29, 0.717) is 0 Å². The minimum absolute atomic E-state index is 0.216. The van der Waals surface area contributed by atoms with Crippen molar-refractivity contribution in [3.05, 3.63) is 29.8 Å². The summed E-state index contributed by atoms with van der Waals surface area (Å²) in [6.45, 7) is 11.1. The highest BCUT2D eigenvalue weighted by Crippen LogP contribution is 2.23. The van der Waals surface area contributed by atoms with Crippen LogP contribution in [0.15, 0.2) is 24.3 Å². The van der Waals surface area contributed by atoms with Crippen molar-refractivity contribution in [2.24, 2.45) is 11.7 Å². The minimum Gasteiger partial charge on any atom is -0.371 e. The van der Waals surface area contributed by atoms with E-state index in [-0.39, 0.29) is 6.04 Å². The summed E-state index contributed by atoms with van der Waals surface area (Å²) in [6.07, 6.45) is 3.46. The van der Waals surface area contributed by atoms with Crippen molar-refractivity contribution in [3.63, 3.8) is 0 Å². The van der Waals surface area contributed by atoms with Gasteiger partial charge in [-0.15, -0.1) is 0 Å². The number of hydrogen-bond acceptors (Lipinski definition) is 2. The molecule has 0 radical (unpaired) electrons. The van der Waals surface area contributed by atoms with Gasteiger partial charge in [0.2, 0.25) is 0 Å². The zero-order valence-corrected chi connectivity index (χ0v) is 13.0. The molecule has 0 bridgehead atoms. The molecule has 0 aliphatic heterocycles. The first-order valence-electron chi connectivity index (χ1n) is 7.70. The maximum Gasteiger partial charge on any atom is 0.0399 e. The van der Waals surface area contributed by atoms with Gasteiger partial charge < -0.3 is 10.6 Å². The SMILES string of the molecule is CCC(CC)CN(CC)c1ccccc1CC(C)N. The lowest BCUT2D eigenvalue weighted by Crippen LogP contribution is -2.30. The molecule has 0 aromatic heterocycles. The normalized spacial score (nSPS) is 12.7. The van der Waals surface area contributed by atoms with Gasteiger partial charge in [-0.3, -0.25) is 0 Å². The van der Waals surface area contributed by atoms with Crippen LogP contribution in [-0.4, -0.2) is 19.1 Å². The second-order valence-electron chi connectivity index (χ2n) is 5.53. The van der Waals surface area contributed by atoms with Crippen LogP contribution in [0, 0.1) is 5.92 Å². The standard InChI is InChI=1S/C17H30N2/c1-5-15(6-2)13-19(7-3)17-11-9-8-10-16(17)12-14(4)18/h8-11,14-15H,5-7,12-13,18H2,1-4H3. The van der Waals surface area contributed by atoms with Crippen LogP contribution in [0.3, 0.4) is 0 Å². The molecule has 0 saturated heterocycles. The third kappa shape index (κ3) is 4.87. The van der Waals surface area contributed by atoms with Gasteiger partial charge in [-0.1, -0.05) is 44.9 Å². The number of nitrogens with zero attached hydrogens (tertiary/aromatic N) is 1. The Morgan fingerprint density at radius 1 is 1.11 bits per heavy atom. The fourth-order valence-corrected chi connectivity index (χ4v) is 2.60. The number of para-hydroxylation sites is 1. The van der Waals surface area contributed by atoms with Gasteiger partial charge in [0.15, 0.2) is 0 Å².